The maximum absolute atomic E-state index is 11.8. The van der Waals surface area contributed by atoms with Crippen LogP contribution < -0.4 is 15.8 Å². The highest BCUT2D eigenvalue weighted by Crippen LogP contribution is 2.13. The smallest absolute Gasteiger partial charge is 0.259 e. The van der Waals surface area contributed by atoms with Crippen LogP contribution in [0.2, 0.25) is 0 Å². The molecule has 0 radical (unpaired) electrons. The Morgan fingerprint density at radius 3 is 2.59 bits per heavy atom. The van der Waals surface area contributed by atoms with Gasteiger partial charge >= 0.3 is 0 Å². The number of likely N-dealkylation sites (N-methyl/N-ethyl adjacent to an activating group) is 1. The van der Waals surface area contributed by atoms with E-state index < -0.39 is 6.04 Å². The molecule has 6 nitrogen and oxygen atoms in total. The first kappa shape index (κ1) is 18.0. The zero-order valence-electron chi connectivity index (χ0n) is 13.6. The predicted octanol–water partition coefficient (Wildman–Crippen LogP) is 0.753. The van der Waals surface area contributed by atoms with Gasteiger partial charge < -0.3 is 20.7 Å². The average molecular weight is 307 g/mol. The third kappa shape index (κ3) is 5.73. The number of carbonyl (C=O) groups is 2. The summed E-state index contributed by atoms with van der Waals surface area (Å²) in [5, 5.41) is 2.80. The molecule has 1 aromatic rings. The number of nitrogens with one attached hydrogen (secondary N) is 1. The SMILES string of the molecule is CC(C)[C@H](N)C(=O)NCc1cccc(OCC(=O)N(C)C)c1. The fraction of sp³-hybridized carbons (Fsp3) is 0.500. The summed E-state index contributed by atoms with van der Waals surface area (Å²) in [7, 11) is 3.35. The van der Waals surface area contributed by atoms with Gasteiger partial charge in [0.25, 0.3) is 5.91 Å². The Morgan fingerprint density at radius 1 is 1.32 bits per heavy atom. The van der Waals surface area contributed by atoms with E-state index in [1.54, 1.807) is 26.2 Å². The third-order valence-electron chi connectivity index (χ3n) is 3.25. The van der Waals surface area contributed by atoms with Gasteiger partial charge in [-0.05, 0) is 23.6 Å². The van der Waals surface area contributed by atoms with Gasteiger partial charge in [-0.25, -0.2) is 0 Å². The van der Waals surface area contributed by atoms with Crippen LogP contribution in [0.15, 0.2) is 24.3 Å². The quantitative estimate of drug-likeness (QED) is 0.778. The monoisotopic (exact) mass is 307 g/mol. The number of amides is 2. The lowest BCUT2D eigenvalue weighted by molar-refractivity contribution is -0.130. The van der Waals surface area contributed by atoms with Gasteiger partial charge in [0.2, 0.25) is 5.91 Å². The van der Waals surface area contributed by atoms with E-state index in [2.05, 4.69) is 5.32 Å². The second kappa shape index (κ2) is 8.38. The van der Waals surface area contributed by atoms with Gasteiger partial charge in [-0.15, -0.1) is 0 Å². The lowest BCUT2D eigenvalue weighted by Gasteiger charge is -2.15. The first-order valence-electron chi connectivity index (χ1n) is 7.26. The molecule has 0 heterocycles. The van der Waals surface area contributed by atoms with Crippen LogP contribution >= 0.6 is 0 Å². The minimum absolute atomic E-state index is 0.0129. The summed E-state index contributed by atoms with van der Waals surface area (Å²) in [6.45, 7) is 4.17. The van der Waals surface area contributed by atoms with Crippen molar-refractivity contribution in [2.75, 3.05) is 20.7 Å². The molecule has 22 heavy (non-hydrogen) atoms. The fourth-order valence-electron chi connectivity index (χ4n) is 1.63. The maximum Gasteiger partial charge on any atom is 0.259 e. The van der Waals surface area contributed by atoms with Crippen molar-refractivity contribution in [3.63, 3.8) is 0 Å². The molecule has 2 amide bonds. The summed E-state index contributed by atoms with van der Waals surface area (Å²) in [5.74, 6) is 0.396. The van der Waals surface area contributed by atoms with Crippen LogP contribution in [-0.4, -0.2) is 43.5 Å². The third-order valence-corrected chi connectivity index (χ3v) is 3.25. The van der Waals surface area contributed by atoms with Crippen LogP contribution in [0.5, 0.6) is 5.75 Å². The van der Waals surface area contributed by atoms with Crippen LogP contribution in [0.25, 0.3) is 0 Å². The van der Waals surface area contributed by atoms with Gasteiger partial charge in [-0.1, -0.05) is 26.0 Å². The van der Waals surface area contributed by atoms with E-state index in [4.69, 9.17) is 10.5 Å². The number of carbonyl (C=O) groups excluding carboxylic acids is 2. The van der Waals surface area contributed by atoms with Gasteiger partial charge in [0.1, 0.15) is 5.75 Å². The summed E-state index contributed by atoms with van der Waals surface area (Å²) in [6.07, 6.45) is 0. The molecule has 1 atom stereocenters. The number of nitrogens with two attached hydrogens (primary N) is 1. The topological polar surface area (TPSA) is 84.7 Å². The van der Waals surface area contributed by atoms with E-state index >= 15 is 0 Å². The van der Waals surface area contributed by atoms with E-state index in [1.807, 2.05) is 26.0 Å². The molecule has 0 aliphatic heterocycles. The normalized spacial score (nSPS) is 11.9. The Morgan fingerprint density at radius 2 is 2.00 bits per heavy atom. The van der Waals surface area contributed by atoms with Crippen LogP contribution in [-0.2, 0) is 16.1 Å². The molecule has 0 aromatic heterocycles. The minimum atomic E-state index is -0.517. The number of nitrogens with zero attached hydrogens (tertiary/aromatic N) is 1. The van der Waals surface area contributed by atoms with Gasteiger partial charge in [-0.3, -0.25) is 9.59 Å². The van der Waals surface area contributed by atoms with Crippen LogP contribution in [0.3, 0.4) is 0 Å². The maximum atomic E-state index is 11.8. The zero-order valence-corrected chi connectivity index (χ0v) is 13.6. The summed E-state index contributed by atoms with van der Waals surface area (Å²) in [5.41, 5.74) is 6.67. The van der Waals surface area contributed by atoms with Crippen LogP contribution in [0, 0.1) is 5.92 Å². The average Bonchev–Trinajstić information content (AvgIpc) is 2.49. The Balaban J connectivity index is 2.54. The minimum Gasteiger partial charge on any atom is -0.484 e. The largest absolute Gasteiger partial charge is 0.484 e. The van der Waals surface area contributed by atoms with Crippen molar-refractivity contribution in [3.05, 3.63) is 29.8 Å². The summed E-state index contributed by atoms with van der Waals surface area (Å²) in [4.78, 5) is 24.8. The van der Waals surface area contributed by atoms with Crippen molar-refractivity contribution in [1.82, 2.24) is 10.2 Å². The fourth-order valence-corrected chi connectivity index (χ4v) is 1.63. The lowest BCUT2D eigenvalue weighted by Crippen LogP contribution is -2.43. The molecular weight excluding hydrogens is 282 g/mol. The van der Waals surface area contributed by atoms with Crippen molar-refractivity contribution in [2.24, 2.45) is 11.7 Å². The van der Waals surface area contributed by atoms with E-state index in [0.29, 0.717) is 12.3 Å². The highest BCUT2D eigenvalue weighted by Gasteiger charge is 2.16. The Labute approximate surface area is 131 Å². The lowest BCUT2D eigenvalue weighted by atomic mass is 10.0. The second-order valence-electron chi connectivity index (χ2n) is 5.71. The molecule has 0 spiro atoms. The molecule has 6 heteroatoms. The van der Waals surface area contributed by atoms with E-state index in [9.17, 15) is 9.59 Å². The molecule has 0 saturated heterocycles. The van der Waals surface area contributed by atoms with E-state index in [-0.39, 0.29) is 24.3 Å². The number of hydrogen-bond donors (Lipinski definition) is 2. The summed E-state index contributed by atoms with van der Waals surface area (Å²) < 4.78 is 5.43. The summed E-state index contributed by atoms with van der Waals surface area (Å²) in [6, 6.07) is 6.75. The standard InChI is InChI=1S/C16H25N3O3/c1-11(2)15(17)16(21)18-9-12-6-5-7-13(8-12)22-10-14(20)19(3)4/h5-8,11,15H,9-10,17H2,1-4H3,(H,18,21)/t15-/m0/s1. The Kier molecular flexibility index (Phi) is 6.85. The highest BCUT2D eigenvalue weighted by atomic mass is 16.5. The van der Waals surface area contributed by atoms with Crippen LogP contribution in [0.1, 0.15) is 19.4 Å². The molecule has 0 aliphatic rings. The molecule has 0 aliphatic carbocycles. The Bertz CT molecular complexity index is 515. The van der Waals surface area contributed by atoms with Gasteiger partial charge in [0.15, 0.2) is 6.61 Å². The van der Waals surface area contributed by atoms with Crippen molar-refractivity contribution in [2.45, 2.75) is 26.4 Å². The zero-order chi connectivity index (χ0) is 16.7. The molecule has 0 bridgehead atoms. The second-order valence-corrected chi connectivity index (χ2v) is 5.71. The summed E-state index contributed by atoms with van der Waals surface area (Å²) >= 11 is 0. The molecule has 0 fully saturated rings. The van der Waals surface area contributed by atoms with Gasteiger partial charge in [0, 0.05) is 20.6 Å². The van der Waals surface area contributed by atoms with Crippen LogP contribution in [0.4, 0.5) is 0 Å². The molecule has 0 unspecified atom stereocenters. The first-order valence-corrected chi connectivity index (χ1v) is 7.26. The van der Waals surface area contributed by atoms with E-state index in [0.717, 1.165) is 5.56 Å². The molecule has 122 valence electrons. The number of rotatable bonds is 7. The van der Waals surface area contributed by atoms with Gasteiger partial charge in [0.05, 0.1) is 6.04 Å². The van der Waals surface area contributed by atoms with Gasteiger partial charge in [-0.2, -0.15) is 0 Å². The molecule has 3 N–H and O–H groups in total. The highest BCUT2D eigenvalue weighted by molar-refractivity contribution is 5.81. The van der Waals surface area contributed by atoms with Crippen molar-refractivity contribution in [1.29, 1.82) is 0 Å². The number of hydrogen-bond acceptors (Lipinski definition) is 4. The molecule has 0 saturated carbocycles. The Hall–Kier alpha value is -2.08. The first-order chi connectivity index (χ1) is 10.3. The molecule has 1 rings (SSSR count). The number of ether oxygens (including phenoxy) is 1. The van der Waals surface area contributed by atoms with Crippen molar-refractivity contribution < 1.29 is 14.3 Å². The predicted molar refractivity (Wildman–Crippen MR) is 85.3 cm³/mol. The molecule has 1 aromatic carbocycles. The number of benzene rings is 1. The van der Waals surface area contributed by atoms with E-state index in [1.165, 1.54) is 4.90 Å². The van der Waals surface area contributed by atoms with Crippen molar-refractivity contribution >= 4 is 11.8 Å². The molecular formula is C16H25N3O3. The van der Waals surface area contributed by atoms with Crippen molar-refractivity contribution in [3.8, 4) is 5.75 Å².